The van der Waals surface area contributed by atoms with E-state index in [0.29, 0.717) is 0 Å². The third-order valence-electron chi connectivity index (χ3n) is 2.41. The van der Waals surface area contributed by atoms with E-state index >= 15 is 0 Å². The summed E-state index contributed by atoms with van der Waals surface area (Å²) in [5.74, 6) is 6.58. The summed E-state index contributed by atoms with van der Waals surface area (Å²) in [7, 11) is -1.34. The molecule has 0 aliphatic carbocycles. The van der Waals surface area contributed by atoms with Gasteiger partial charge in [0.15, 0.2) is 0 Å². The van der Waals surface area contributed by atoms with Crippen molar-refractivity contribution in [1.82, 2.24) is 0 Å². The average Bonchev–Trinajstić information content (AvgIpc) is 2.29. The number of hydrogen-bond acceptors (Lipinski definition) is 0. The predicted octanol–water partition coefficient (Wildman–Crippen LogP) is 4.42. The summed E-state index contributed by atoms with van der Waals surface area (Å²) in [4.78, 5) is 0. The van der Waals surface area contributed by atoms with Gasteiger partial charge in [0.2, 0.25) is 0 Å². The highest BCUT2D eigenvalue weighted by molar-refractivity contribution is 6.84. The summed E-state index contributed by atoms with van der Waals surface area (Å²) < 4.78 is 0. The summed E-state index contributed by atoms with van der Waals surface area (Å²) in [5.41, 5.74) is 1.08. The van der Waals surface area contributed by atoms with Crippen molar-refractivity contribution in [2.24, 2.45) is 0 Å². The lowest BCUT2D eigenvalue weighted by Gasteiger charge is -2.15. The second-order valence-electron chi connectivity index (χ2n) is 5.01. The Kier molecular flexibility index (Phi) is 5.00. The fourth-order valence-electron chi connectivity index (χ4n) is 1.41. The summed E-state index contributed by atoms with van der Waals surface area (Å²) in [6.07, 6.45) is 5.04. The summed E-state index contributed by atoms with van der Waals surface area (Å²) in [6, 6.07) is 10.1. The van der Waals surface area contributed by atoms with Crippen LogP contribution in [-0.2, 0) is 0 Å². The van der Waals surface area contributed by atoms with Gasteiger partial charge in [-0.2, -0.15) is 0 Å². The molecule has 0 saturated carbocycles. The molecule has 88 valence electrons. The number of rotatable bonds is 3. The van der Waals surface area contributed by atoms with Crippen LogP contribution < -0.4 is 0 Å². The van der Waals surface area contributed by atoms with Gasteiger partial charge in [0.1, 0.15) is 0 Å². The van der Waals surface area contributed by atoms with E-state index in [4.69, 9.17) is 0 Å². The van der Waals surface area contributed by atoms with Gasteiger partial charge in [0.25, 0.3) is 0 Å². The van der Waals surface area contributed by atoms with E-state index in [-0.39, 0.29) is 0 Å². The molecule has 17 heavy (non-hydrogen) atoms. The van der Waals surface area contributed by atoms with Crippen molar-refractivity contribution in [2.45, 2.75) is 26.1 Å². The molecule has 1 aromatic rings. The Morgan fingerprint density at radius 3 is 2.41 bits per heavy atom. The Labute approximate surface area is 106 Å². The van der Waals surface area contributed by atoms with Crippen LogP contribution in [0.1, 0.15) is 12.0 Å². The largest absolute Gasteiger partial charge is 0.103 e. The first-order valence-electron chi connectivity index (χ1n) is 5.92. The van der Waals surface area contributed by atoms with E-state index in [1.165, 1.54) is 5.20 Å². The van der Waals surface area contributed by atoms with Gasteiger partial charge in [0.05, 0.1) is 8.07 Å². The molecule has 0 unspecified atom stereocenters. The lowest BCUT2D eigenvalue weighted by atomic mass is 10.2. The van der Waals surface area contributed by atoms with Crippen LogP contribution in [0.4, 0.5) is 0 Å². The van der Waals surface area contributed by atoms with Crippen LogP contribution in [0.3, 0.4) is 0 Å². The molecule has 0 amide bonds. The normalized spacial score (nSPS) is 11.6. The van der Waals surface area contributed by atoms with Crippen molar-refractivity contribution < 1.29 is 0 Å². The van der Waals surface area contributed by atoms with E-state index in [0.717, 1.165) is 12.0 Å². The third kappa shape index (κ3) is 4.89. The molecule has 1 rings (SSSR count). The zero-order valence-electron chi connectivity index (χ0n) is 11.0. The fourth-order valence-corrected chi connectivity index (χ4v) is 2.57. The third-order valence-corrected chi connectivity index (χ3v) is 4.36. The van der Waals surface area contributed by atoms with Crippen molar-refractivity contribution in [3.63, 3.8) is 0 Å². The Morgan fingerprint density at radius 2 is 1.88 bits per heavy atom. The topological polar surface area (TPSA) is 0 Å². The minimum atomic E-state index is -1.34. The minimum Gasteiger partial charge on any atom is -0.103 e. The maximum absolute atomic E-state index is 3.76. The molecule has 0 aliphatic heterocycles. The zero-order valence-corrected chi connectivity index (χ0v) is 12.0. The maximum Gasteiger partial charge on any atom is 0.0880 e. The molecule has 0 radical (unpaired) electrons. The summed E-state index contributed by atoms with van der Waals surface area (Å²) >= 11 is 0. The second-order valence-corrected chi connectivity index (χ2v) is 10.0. The van der Waals surface area contributed by atoms with E-state index in [2.05, 4.69) is 44.1 Å². The zero-order chi connectivity index (χ0) is 12.7. The molecule has 0 heterocycles. The highest BCUT2D eigenvalue weighted by Crippen LogP contribution is 2.14. The van der Waals surface area contributed by atoms with Crippen LogP contribution in [0.5, 0.6) is 0 Å². The van der Waals surface area contributed by atoms with Gasteiger partial charge < -0.3 is 0 Å². The molecule has 0 atom stereocenters. The van der Waals surface area contributed by atoms with Gasteiger partial charge in [0, 0.05) is 5.56 Å². The highest BCUT2D eigenvalue weighted by atomic mass is 28.3. The summed E-state index contributed by atoms with van der Waals surface area (Å²) in [6.45, 7) is 10.7. The fraction of sp³-hybridized carbons (Fsp3) is 0.250. The molecule has 0 fully saturated rings. The van der Waals surface area contributed by atoms with E-state index < -0.39 is 8.07 Å². The Bertz CT molecular complexity index is 450. The second kappa shape index (κ2) is 6.27. The van der Waals surface area contributed by atoms with Crippen molar-refractivity contribution >= 4 is 8.07 Å². The van der Waals surface area contributed by atoms with Gasteiger partial charge in [-0.3, -0.25) is 0 Å². The number of hydrogen-bond donors (Lipinski definition) is 0. The van der Waals surface area contributed by atoms with E-state index in [9.17, 15) is 0 Å². The van der Waals surface area contributed by atoms with Gasteiger partial charge >= 0.3 is 0 Å². The van der Waals surface area contributed by atoms with Gasteiger partial charge in [-0.05, 0) is 23.7 Å². The van der Waals surface area contributed by atoms with Crippen LogP contribution >= 0.6 is 0 Å². The van der Waals surface area contributed by atoms with Crippen LogP contribution in [0, 0.1) is 11.8 Å². The molecule has 0 nitrogen and oxygen atoms in total. The van der Waals surface area contributed by atoms with Crippen molar-refractivity contribution in [3.05, 3.63) is 59.8 Å². The average molecular weight is 240 g/mol. The Hall–Kier alpha value is -1.52. The lowest BCUT2D eigenvalue weighted by molar-refractivity contribution is 1.39. The van der Waals surface area contributed by atoms with Crippen LogP contribution in [-0.4, -0.2) is 8.07 Å². The predicted molar refractivity (Wildman–Crippen MR) is 79.6 cm³/mol. The first kappa shape index (κ1) is 13.5. The molecule has 0 saturated heterocycles. The molecule has 1 heteroatoms. The smallest absolute Gasteiger partial charge is 0.0880 e. The lowest BCUT2D eigenvalue weighted by Crippen LogP contribution is -2.23. The molecule has 0 bridgehead atoms. The monoisotopic (exact) mass is 240 g/mol. The van der Waals surface area contributed by atoms with Crippen molar-refractivity contribution in [2.75, 3.05) is 0 Å². The molecule has 1 aromatic carbocycles. The molecule has 0 aliphatic rings. The van der Waals surface area contributed by atoms with Crippen molar-refractivity contribution in [3.8, 4) is 11.8 Å². The molecular formula is C16H20Si. The first-order chi connectivity index (χ1) is 8.04. The van der Waals surface area contributed by atoms with E-state index in [1.807, 2.05) is 36.4 Å². The molecule has 0 spiro atoms. The first-order valence-corrected chi connectivity index (χ1v) is 9.42. The van der Waals surface area contributed by atoms with Crippen LogP contribution in [0.25, 0.3) is 0 Å². The Morgan fingerprint density at radius 1 is 1.24 bits per heavy atom. The highest BCUT2D eigenvalue weighted by Gasteiger charge is 2.17. The SMILES string of the molecule is C=CC/C=C(\C#Cc1ccccc1)[Si](C)(C)C. The standard InChI is InChI=1S/C16H20Si/c1-5-6-12-16(17(2,3)4)14-13-15-10-8-7-9-11-15/h5,7-12H,1,6H2,2-4H3/b16-12+. The van der Waals surface area contributed by atoms with Gasteiger partial charge in [-0.25, -0.2) is 0 Å². The number of allylic oxidation sites excluding steroid dienone is 3. The molecule has 0 aromatic heterocycles. The van der Waals surface area contributed by atoms with Gasteiger partial charge in [-0.1, -0.05) is 61.8 Å². The van der Waals surface area contributed by atoms with E-state index in [1.54, 1.807) is 0 Å². The Balaban J connectivity index is 2.96. The number of benzene rings is 1. The van der Waals surface area contributed by atoms with Gasteiger partial charge in [-0.15, -0.1) is 6.58 Å². The maximum atomic E-state index is 3.76. The molecule has 0 N–H and O–H groups in total. The molecular weight excluding hydrogens is 220 g/mol. The van der Waals surface area contributed by atoms with Crippen LogP contribution in [0.15, 0.2) is 54.3 Å². The van der Waals surface area contributed by atoms with Crippen molar-refractivity contribution in [1.29, 1.82) is 0 Å². The summed E-state index contributed by atoms with van der Waals surface area (Å²) in [5, 5.41) is 1.31. The minimum absolute atomic E-state index is 0.906. The quantitative estimate of drug-likeness (QED) is 0.417. The van der Waals surface area contributed by atoms with Crippen LogP contribution in [0.2, 0.25) is 19.6 Å².